The minimum atomic E-state index is -0.244. The Hall–Kier alpha value is -0.550. The van der Waals surface area contributed by atoms with Crippen molar-refractivity contribution in [2.75, 3.05) is 13.7 Å². The fourth-order valence-electron chi connectivity index (χ4n) is 1.35. The van der Waals surface area contributed by atoms with E-state index in [9.17, 15) is 9.59 Å². The summed E-state index contributed by atoms with van der Waals surface area (Å²) in [7, 11) is 1.37. The molecule has 1 fully saturated rings. The van der Waals surface area contributed by atoms with E-state index in [1.807, 2.05) is 0 Å². The largest absolute Gasteiger partial charge is 0.468 e. The van der Waals surface area contributed by atoms with Crippen molar-refractivity contribution in [3.05, 3.63) is 0 Å². The number of hydrogen-bond acceptors (Lipinski definition) is 5. The van der Waals surface area contributed by atoms with Crippen molar-refractivity contribution in [1.29, 1.82) is 0 Å². The molecule has 0 saturated carbocycles. The Morgan fingerprint density at radius 3 is 2.77 bits per heavy atom. The molecule has 2 atom stereocenters. The van der Waals surface area contributed by atoms with Crippen LogP contribution in [0, 0.1) is 0 Å². The molecule has 0 aromatic carbocycles. The highest BCUT2D eigenvalue weighted by Crippen LogP contribution is 2.21. The van der Waals surface area contributed by atoms with E-state index < -0.39 is 0 Å². The van der Waals surface area contributed by atoms with Gasteiger partial charge in [-0.15, -0.1) is 0 Å². The lowest BCUT2D eigenvalue weighted by molar-refractivity contribution is -0.142. The second-order valence-electron chi connectivity index (χ2n) is 2.95. The number of nitrogens with one attached hydrogen (secondary N) is 1. The summed E-state index contributed by atoms with van der Waals surface area (Å²) in [6.07, 6.45) is 0.678. The van der Waals surface area contributed by atoms with Crippen LogP contribution in [0.25, 0.3) is 0 Å². The van der Waals surface area contributed by atoms with Crippen molar-refractivity contribution < 1.29 is 14.3 Å². The van der Waals surface area contributed by atoms with Gasteiger partial charge in [0.15, 0.2) is 5.12 Å². The summed E-state index contributed by atoms with van der Waals surface area (Å²) in [5.74, 6) is -0.244. The standard InChI is InChI=1S/C8H13NO3S/c1-5(10)13-6-3-7(9-4-6)8(11)12-2/h6-7,9H,3-4H2,1-2H3/t6-,7-/m0/s1. The quantitative estimate of drug-likeness (QED) is 0.648. The molecule has 0 aromatic rings. The molecule has 1 aliphatic rings. The smallest absolute Gasteiger partial charge is 0.322 e. The number of ether oxygens (including phenoxy) is 1. The maximum atomic E-state index is 11.1. The van der Waals surface area contributed by atoms with Crippen LogP contribution in [0.2, 0.25) is 0 Å². The summed E-state index contributed by atoms with van der Waals surface area (Å²) < 4.78 is 4.59. The molecule has 1 saturated heterocycles. The Morgan fingerprint density at radius 2 is 2.23 bits per heavy atom. The van der Waals surface area contributed by atoms with E-state index in [4.69, 9.17) is 0 Å². The topological polar surface area (TPSA) is 55.4 Å². The molecule has 1 rings (SSSR count). The van der Waals surface area contributed by atoms with E-state index in [1.54, 1.807) is 0 Å². The zero-order valence-corrected chi connectivity index (χ0v) is 8.52. The van der Waals surface area contributed by atoms with Crippen LogP contribution in [0.1, 0.15) is 13.3 Å². The molecule has 4 nitrogen and oxygen atoms in total. The van der Waals surface area contributed by atoms with Crippen LogP contribution in [-0.2, 0) is 14.3 Å². The third-order valence-electron chi connectivity index (χ3n) is 1.91. The van der Waals surface area contributed by atoms with Crippen LogP contribution in [0.4, 0.5) is 0 Å². The van der Waals surface area contributed by atoms with Gasteiger partial charge in [0.2, 0.25) is 0 Å². The van der Waals surface area contributed by atoms with Gasteiger partial charge in [0.1, 0.15) is 6.04 Å². The minimum absolute atomic E-state index is 0.0947. The molecular weight excluding hydrogens is 190 g/mol. The first-order valence-corrected chi connectivity index (χ1v) is 5.00. The first kappa shape index (κ1) is 10.5. The second-order valence-corrected chi connectivity index (χ2v) is 4.43. The Morgan fingerprint density at radius 1 is 1.54 bits per heavy atom. The molecule has 0 radical (unpaired) electrons. The Bertz CT molecular complexity index is 219. The van der Waals surface area contributed by atoms with Crippen LogP contribution in [0.15, 0.2) is 0 Å². The maximum absolute atomic E-state index is 11.1. The van der Waals surface area contributed by atoms with Gasteiger partial charge in [-0.05, 0) is 6.42 Å². The average molecular weight is 203 g/mol. The van der Waals surface area contributed by atoms with Crippen molar-refractivity contribution in [3.63, 3.8) is 0 Å². The normalized spacial score (nSPS) is 27.2. The molecule has 5 heteroatoms. The van der Waals surface area contributed by atoms with Crippen molar-refractivity contribution in [2.45, 2.75) is 24.6 Å². The fourth-order valence-corrected chi connectivity index (χ4v) is 2.29. The molecule has 13 heavy (non-hydrogen) atoms. The number of esters is 1. The first-order valence-electron chi connectivity index (χ1n) is 4.12. The number of methoxy groups -OCH3 is 1. The maximum Gasteiger partial charge on any atom is 0.322 e. The van der Waals surface area contributed by atoms with Crippen molar-refractivity contribution in [3.8, 4) is 0 Å². The lowest BCUT2D eigenvalue weighted by Gasteiger charge is -2.06. The molecule has 0 spiro atoms. The predicted molar refractivity (Wildman–Crippen MR) is 50.5 cm³/mol. The number of rotatable bonds is 2. The van der Waals surface area contributed by atoms with E-state index in [-0.39, 0.29) is 22.4 Å². The van der Waals surface area contributed by atoms with Gasteiger partial charge in [-0.2, -0.15) is 0 Å². The number of hydrogen-bond donors (Lipinski definition) is 1. The van der Waals surface area contributed by atoms with Gasteiger partial charge in [-0.3, -0.25) is 9.59 Å². The Kier molecular flexibility index (Phi) is 3.74. The van der Waals surface area contributed by atoms with E-state index in [0.29, 0.717) is 13.0 Å². The zero-order valence-electron chi connectivity index (χ0n) is 7.70. The highest BCUT2D eigenvalue weighted by molar-refractivity contribution is 8.14. The van der Waals surface area contributed by atoms with Gasteiger partial charge in [-0.1, -0.05) is 11.8 Å². The summed E-state index contributed by atoms with van der Waals surface area (Å²) in [5, 5.41) is 3.32. The third kappa shape index (κ3) is 3.00. The van der Waals surface area contributed by atoms with Crippen molar-refractivity contribution >= 4 is 22.8 Å². The first-order chi connectivity index (χ1) is 6.13. The molecular formula is C8H13NO3S. The van der Waals surface area contributed by atoms with Crippen molar-refractivity contribution in [2.24, 2.45) is 0 Å². The highest BCUT2D eigenvalue weighted by Gasteiger charge is 2.30. The van der Waals surface area contributed by atoms with Gasteiger partial charge >= 0.3 is 5.97 Å². The predicted octanol–water partition coefficient (Wildman–Crippen LogP) is 0.170. The Labute approximate surface area is 81.4 Å². The van der Waals surface area contributed by atoms with Crippen LogP contribution in [0.5, 0.6) is 0 Å². The third-order valence-corrected chi connectivity index (χ3v) is 2.93. The Balaban J connectivity index is 2.36. The van der Waals surface area contributed by atoms with E-state index in [2.05, 4.69) is 10.1 Å². The van der Waals surface area contributed by atoms with Gasteiger partial charge in [-0.25, -0.2) is 0 Å². The highest BCUT2D eigenvalue weighted by atomic mass is 32.2. The van der Waals surface area contributed by atoms with E-state index in [0.717, 1.165) is 0 Å². The van der Waals surface area contributed by atoms with Gasteiger partial charge in [0, 0.05) is 18.7 Å². The number of thioether (sulfide) groups is 1. The minimum Gasteiger partial charge on any atom is -0.468 e. The zero-order chi connectivity index (χ0) is 9.84. The fraction of sp³-hybridized carbons (Fsp3) is 0.750. The SMILES string of the molecule is COC(=O)[C@@H]1C[C@H](SC(C)=O)CN1. The molecule has 0 amide bonds. The number of carbonyl (C=O) groups excluding carboxylic acids is 2. The van der Waals surface area contributed by atoms with Gasteiger partial charge < -0.3 is 10.1 Å². The molecule has 1 N–H and O–H groups in total. The van der Waals surface area contributed by atoms with Gasteiger partial charge in [0.05, 0.1) is 7.11 Å². The molecule has 0 unspecified atom stereocenters. The molecule has 0 aliphatic carbocycles. The summed E-state index contributed by atoms with van der Waals surface area (Å²) in [6, 6.07) is -0.234. The van der Waals surface area contributed by atoms with Crippen molar-refractivity contribution in [1.82, 2.24) is 5.32 Å². The monoisotopic (exact) mass is 203 g/mol. The lowest BCUT2D eigenvalue weighted by Crippen LogP contribution is -2.31. The molecule has 74 valence electrons. The van der Waals surface area contributed by atoms with Gasteiger partial charge in [0.25, 0.3) is 0 Å². The molecule has 1 aliphatic heterocycles. The summed E-state index contributed by atoms with van der Waals surface area (Å²) in [6.45, 7) is 2.24. The van der Waals surface area contributed by atoms with E-state index >= 15 is 0 Å². The number of carbonyl (C=O) groups is 2. The summed E-state index contributed by atoms with van der Waals surface area (Å²) >= 11 is 1.28. The molecule has 1 heterocycles. The van der Waals surface area contributed by atoms with Crippen LogP contribution in [-0.4, -0.2) is 36.0 Å². The second kappa shape index (κ2) is 4.62. The van der Waals surface area contributed by atoms with E-state index in [1.165, 1.54) is 25.8 Å². The van der Waals surface area contributed by atoms with Crippen LogP contribution < -0.4 is 5.32 Å². The molecule has 0 aromatic heterocycles. The van der Waals surface area contributed by atoms with Crippen LogP contribution in [0.3, 0.4) is 0 Å². The summed E-state index contributed by atoms with van der Waals surface area (Å²) in [4.78, 5) is 21.8. The lowest BCUT2D eigenvalue weighted by atomic mass is 10.2. The summed E-state index contributed by atoms with van der Waals surface area (Å²) in [5.41, 5.74) is 0. The van der Waals surface area contributed by atoms with Crippen LogP contribution >= 0.6 is 11.8 Å². The molecule has 0 bridgehead atoms. The average Bonchev–Trinajstić information content (AvgIpc) is 2.50.